The molecule has 0 heterocycles. The van der Waals surface area contributed by atoms with Crippen molar-refractivity contribution >= 4 is 23.5 Å². The Kier molecular flexibility index (Phi) is 8.15. The number of esters is 1. The van der Waals surface area contributed by atoms with E-state index in [1.807, 2.05) is 6.07 Å². The van der Waals surface area contributed by atoms with Crippen LogP contribution in [0.25, 0.3) is 0 Å². The number of methoxy groups -OCH3 is 1. The maximum Gasteiger partial charge on any atom is 0.329 e. The first-order chi connectivity index (χ1) is 14.8. The first kappa shape index (κ1) is 23.4. The normalized spacial score (nSPS) is 12.3. The number of rotatable bonds is 8. The van der Waals surface area contributed by atoms with Crippen LogP contribution in [0.15, 0.2) is 48.5 Å². The van der Waals surface area contributed by atoms with E-state index >= 15 is 0 Å². The number of benzene rings is 2. The maximum atomic E-state index is 12.7. The van der Waals surface area contributed by atoms with E-state index in [-0.39, 0.29) is 11.5 Å². The molecule has 31 heavy (non-hydrogen) atoms. The van der Waals surface area contributed by atoms with Gasteiger partial charge in [0.25, 0.3) is 11.8 Å². The molecule has 2 rings (SSSR count). The van der Waals surface area contributed by atoms with Gasteiger partial charge in [-0.25, -0.2) is 4.79 Å². The SMILES string of the molecule is COc1ccccc1C(=O)N[C@H](C(=O)O[C@@H](C)C(=O)Nc1ccc(C#N)cc1)C(C)C. The quantitative estimate of drug-likeness (QED) is 0.631. The van der Waals surface area contributed by atoms with Crippen LogP contribution in [0.2, 0.25) is 0 Å². The third-order valence-corrected chi connectivity index (χ3v) is 4.50. The van der Waals surface area contributed by atoms with Crippen molar-refractivity contribution in [2.24, 2.45) is 5.92 Å². The number of carbonyl (C=O) groups is 3. The molecule has 0 saturated carbocycles. The molecule has 162 valence electrons. The van der Waals surface area contributed by atoms with E-state index in [1.165, 1.54) is 14.0 Å². The van der Waals surface area contributed by atoms with E-state index < -0.39 is 29.9 Å². The van der Waals surface area contributed by atoms with E-state index in [4.69, 9.17) is 14.7 Å². The summed E-state index contributed by atoms with van der Waals surface area (Å²) in [5.41, 5.74) is 1.22. The van der Waals surface area contributed by atoms with E-state index in [0.717, 1.165) is 0 Å². The van der Waals surface area contributed by atoms with Crippen molar-refractivity contribution in [3.05, 3.63) is 59.7 Å². The summed E-state index contributed by atoms with van der Waals surface area (Å²) in [5.74, 6) is -1.63. The second kappa shape index (κ2) is 10.8. The van der Waals surface area contributed by atoms with Gasteiger partial charge in [0.05, 0.1) is 24.3 Å². The van der Waals surface area contributed by atoms with Crippen LogP contribution < -0.4 is 15.4 Å². The molecular weight excluding hydrogens is 398 g/mol. The fourth-order valence-corrected chi connectivity index (χ4v) is 2.72. The van der Waals surface area contributed by atoms with Crippen molar-refractivity contribution < 1.29 is 23.9 Å². The molecule has 0 spiro atoms. The van der Waals surface area contributed by atoms with E-state index in [1.54, 1.807) is 62.4 Å². The number of nitrogens with one attached hydrogen (secondary N) is 2. The van der Waals surface area contributed by atoms with Gasteiger partial charge in [0.15, 0.2) is 6.10 Å². The summed E-state index contributed by atoms with van der Waals surface area (Å²) in [6, 6.07) is 14.0. The first-order valence-electron chi connectivity index (χ1n) is 9.72. The summed E-state index contributed by atoms with van der Waals surface area (Å²) >= 11 is 0. The second-order valence-electron chi connectivity index (χ2n) is 7.15. The van der Waals surface area contributed by atoms with Gasteiger partial charge in [-0.15, -0.1) is 0 Å². The Morgan fingerprint density at radius 1 is 1.00 bits per heavy atom. The minimum absolute atomic E-state index is 0.278. The minimum Gasteiger partial charge on any atom is -0.496 e. The van der Waals surface area contributed by atoms with Crippen molar-refractivity contribution in [2.45, 2.75) is 32.9 Å². The van der Waals surface area contributed by atoms with Crippen molar-refractivity contribution in [3.63, 3.8) is 0 Å². The molecule has 8 nitrogen and oxygen atoms in total. The molecule has 0 fully saturated rings. The molecule has 2 atom stereocenters. The highest BCUT2D eigenvalue weighted by molar-refractivity contribution is 6.00. The largest absolute Gasteiger partial charge is 0.496 e. The number of nitriles is 1. The number of amides is 2. The summed E-state index contributed by atoms with van der Waals surface area (Å²) in [4.78, 5) is 37.7. The molecule has 0 aliphatic carbocycles. The lowest BCUT2D eigenvalue weighted by molar-refractivity contribution is -0.156. The van der Waals surface area contributed by atoms with E-state index in [2.05, 4.69) is 10.6 Å². The number of hydrogen-bond donors (Lipinski definition) is 2. The molecule has 0 unspecified atom stereocenters. The summed E-state index contributed by atoms with van der Waals surface area (Å²) in [6.07, 6.45) is -1.09. The van der Waals surface area contributed by atoms with Crippen LogP contribution in [-0.4, -0.2) is 37.0 Å². The smallest absolute Gasteiger partial charge is 0.329 e. The first-order valence-corrected chi connectivity index (χ1v) is 9.72. The summed E-state index contributed by atoms with van der Waals surface area (Å²) < 4.78 is 10.5. The number of carbonyl (C=O) groups excluding carboxylic acids is 3. The third kappa shape index (κ3) is 6.31. The van der Waals surface area contributed by atoms with Crippen molar-refractivity contribution in [2.75, 3.05) is 12.4 Å². The Bertz CT molecular complexity index is 979. The Labute approximate surface area is 181 Å². The second-order valence-corrected chi connectivity index (χ2v) is 7.15. The van der Waals surface area contributed by atoms with Gasteiger partial charge in [-0.05, 0) is 49.2 Å². The summed E-state index contributed by atoms with van der Waals surface area (Å²) in [6.45, 7) is 4.96. The topological polar surface area (TPSA) is 118 Å². The van der Waals surface area contributed by atoms with Crippen LogP contribution in [0.4, 0.5) is 5.69 Å². The lowest BCUT2D eigenvalue weighted by Gasteiger charge is -2.23. The number of para-hydroxylation sites is 1. The highest BCUT2D eigenvalue weighted by Gasteiger charge is 2.30. The number of ether oxygens (including phenoxy) is 2. The van der Waals surface area contributed by atoms with Gasteiger partial charge in [-0.3, -0.25) is 9.59 Å². The lowest BCUT2D eigenvalue weighted by Crippen LogP contribution is -2.47. The zero-order valence-electron chi connectivity index (χ0n) is 17.8. The van der Waals surface area contributed by atoms with E-state index in [9.17, 15) is 14.4 Å². The fraction of sp³-hybridized carbons (Fsp3) is 0.304. The van der Waals surface area contributed by atoms with Crippen LogP contribution in [0.5, 0.6) is 5.75 Å². The molecule has 0 aliphatic heterocycles. The Balaban J connectivity index is 2.02. The molecule has 0 saturated heterocycles. The zero-order valence-corrected chi connectivity index (χ0v) is 17.8. The third-order valence-electron chi connectivity index (χ3n) is 4.50. The Morgan fingerprint density at radius 3 is 2.23 bits per heavy atom. The predicted molar refractivity (Wildman–Crippen MR) is 114 cm³/mol. The van der Waals surface area contributed by atoms with Crippen LogP contribution in [0.3, 0.4) is 0 Å². The Morgan fingerprint density at radius 2 is 1.65 bits per heavy atom. The molecule has 2 N–H and O–H groups in total. The van der Waals surface area contributed by atoms with Gasteiger partial charge in [0, 0.05) is 5.69 Å². The minimum atomic E-state index is -1.09. The van der Waals surface area contributed by atoms with Crippen molar-refractivity contribution in [3.8, 4) is 11.8 Å². The van der Waals surface area contributed by atoms with Gasteiger partial charge in [0.1, 0.15) is 11.8 Å². The molecule has 0 aromatic heterocycles. The molecule has 8 heteroatoms. The van der Waals surface area contributed by atoms with Gasteiger partial charge < -0.3 is 20.1 Å². The van der Waals surface area contributed by atoms with Crippen LogP contribution in [0, 0.1) is 17.2 Å². The van der Waals surface area contributed by atoms with Crippen LogP contribution >= 0.6 is 0 Å². The monoisotopic (exact) mass is 423 g/mol. The van der Waals surface area contributed by atoms with Gasteiger partial charge in [-0.1, -0.05) is 26.0 Å². The van der Waals surface area contributed by atoms with Crippen molar-refractivity contribution in [1.82, 2.24) is 5.32 Å². The molecule has 0 bridgehead atoms. The molecule has 2 aromatic rings. The van der Waals surface area contributed by atoms with Crippen LogP contribution in [0.1, 0.15) is 36.7 Å². The molecule has 0 aliphatic rings. The average molecular weight is 423 g/mol. The maximum absolute atomic E-state index is 12.7. The van der Waals surface area contributed by atoms with E-state index in [0.29, 0.717) is 17.0 Å². The number of anilines is 1. The van der Waals surface area contributed by atoms with Crippen molar-refractivity contribution in [1.29, 1.82) is 5.26 Å². The molecular formula is C23H25N3O5. The number of nitrogens with zero attached hydrogens (tertiary/aromatic N) is 1. The average Bonchev–Trinajstić information content (AvgIpc) is 2.77. The molecule has 2 aromatic carbocycles. The zero-order chi connectivity index (χ0) is 23.0. The van der Waals surface area contributed by atoms with Gasteiger partial charge >= 0.3 is 5.97 Å². The Hall–Kier alpha value is -3.86. The van der Waals surface area contributed by atoms with Crippen LogP contribution in [-0.2, 0) is 14.3 Å². The van der Waals surface area contributed by atoms with Gasteiger partial charge in [-0.2, -0.15) is 5.26 Å². The molecule has 0 radical (unpaired) electrons. The summed E-state index contributed by atoms with van der Waals surface area (Å²) in [5, 5.41) is 14.1. The summed E-state index contributed by atoms with van der Waals surface area (Å²) in [7, 11) is 1.45. The highest BCUT2D eigenvalue weighted by Crippen LogP contribution is 2.18. The number of hydrogen-bond acceptors (Lipinski definition) is 6. The fourth-order valence-electron chi connectivity index (χ4n) is 2.72. The lowest BCUT2D eigenvalue weighted by atomic mass is 10.0. The standard InChI is InChI=1S/C23H25N3O5/c1-14(2)20(26-22(28)18-7-5-6-8-19(18)30-4)23(29)31-15(3)21(27)25-17-11-9-16(13-24)10-12-17/h5-12,14-15,20H,1-4H3,(H,25,27)(H,26,28)/t15-,20-/m0/s1. The highest BCUT2D eigenvalue weighted by atomic mass is 16.5. The predicted octanol–water partition coefficient (Wildman–Crippen LogP) is 2.89. The van der Waals surface area contributed by atoms with Gasteiger partial charge in [0.2, 0.25) is 0 Å². The molecule has 2 amide bonds.